The Kier molecular flexibility index (Phi) is 6.06. The van der Waals surface area contributed by atoms with Gasteiger partial charge in [-0.15, -0.1) is 12.4 Å². The molecule has 1 aromatic rings. The predicted octanol–water partition coefficient (Wildman–Crippen LogP) is 2.68. The summed E-state index contributed by atoms with van der Waals surface area (Å²) in [5, 5.41) is 13.3. The zero-order chi connectivity index (χ0) is 10.8. The van der Waals surface area contributed by atoms with Crippen LogP contribution < -0.4 is 5.32 Å². The lowest BCUT2D eigenvalue weighted by atomic mass is 10.1. The van der Waals surface area contributed by atoms with E-state index in [1.165, 1.54) is 0 Å². The van der Waals surface area contributed by atoms with Crippen molar-refractivity contribution in [2.24, 2.45) is 0 Å². The van der Waals surface area contributed by atoms with E-state index in [1.807, 2.05) is 12.1 Å². The lowest BCUT2D eigenvalue weighted by Crippen LogP contribution is -2.34. The number of hydrogen-bond donors (Lipinski definition) is 2. The van der Waals surface area contributed by atoms with Crippen LogP contribution in [-0.4, -0.2) is 24.9 Å². The Morgan fingerprint density at radius 1 is 1.38 bits per heavy atom. The Hall–Kier alpha value is 0.690. The molecule has 1 aliphatic heterocycles. The van der Waals surface area contributed by atoms with Gasteiger partial charge in [-0.25, -0.2) is 0 Å². The van der Waals surface area contributed by atoms with Gasteiger partial charge >= 0.3 is 0 Å². The van der Waals surface area contributed by atoms with Gasteiger partial charge in [0.25, 0.3) is 0 Å². The summed E-state index contributed by atoms with van der Waals surface area (Å²) >= 11 is 4.41. The van der Waals surface area contributed by atoms with Crippen LogP contribution in [0.15, 0.2) is 12.1 Å². The second kappa shape index (κ2) is 6.58. The molecule has 1 aromatic carbocycles. The lowest BCUT2D eigenvalue weighted by Gasteiger charge is -2.25. The second-order valence-electron chi connectivity index (χ2n) is 3.41. The molecular weight excluding hydrogens is 455 g/mol. The molecule has 1 heterocycles. The normalized spacial score (nSPS) is 20.2. The second-order valence-corrected chi connectivity index (χ2v) is 5.81. The third-order valence-electron chi connectivity index (χ3n) is 2.35. The molecule has 0 bridgehead atoms. The van der Waals surface area contributed by atoms with Crippen molar-refractivity contribution in [3.8, 4) is 5.75 Å². The van der Waals surface area contributed by atoms with Crippen molar-refractivity contribution in [1.82, 2.24) is 5.32 Å². The van der Waals surface area contributed by atoms with Crippen LogP contribution in [0.5, 0.6) is 5.75 Å². The molecule has 0 amide bonds. The topological polar surface area (TPSA) is 41.5 Å². The molecule has 2 rings (SSSR count). The first-order chi connectivity index (χ1) is 7.18. The maximum Gasteiger partial charge on any atom is 0.133 e. The molecule has 3 nitrogen and oxygen atoms in total. The first kappa shape index (κ1) is 14.7. The highest BCUT2D eigenvalue weighted by atomic mass is 127. The third-order valence-corrected chi connectivity index (χ3v) is 3.80. The van der Waals surface area contributed by atoms with Crippen molar-refractivity contribution in [3.05, 3.63) is 24.8 Å². The van der Waals surface area contributed by atoms with E-state index in [-0.39, 0.29) is 18.4 Å². The molecule has 16 heavy (non-hydrogen) atoms. The number of nitrogens with one attached hydrogen (secondary N) is 1. The monoisotopic (exact) mass is 467 g/mol. The molecule has 90 valence electrons. The Bertz CT molecular complexity index is 370. The average molecular weight is 467 g/mol. The molecule has 1 aliphatic rings. The number of phenols is 1. The van der Waals surface area contributed by atoms with Crippen LogP contribution >= 0.6 is 57.6 Å². The fraction of sp³-hybridized carbons (Fsp3) is 0.400. The number of ether oxygens (including phenoxy) is 1. The van der Waals surface area contributed by atoms with E-state index in [2.05, 4.69) is 50.5 Å². The van der Waals surface area contributed by atoms with Crippen molar-refractivity contribution in [2.45, 2.75) is 6.04 Å². The summed E-state index contributed by atoms with van der Waals surface area (Å²) < 4.78 is 7.42. The minimum atomic E-state index is 0. The SMILES string of the molecule is Cl.Oc1c(I)cc(I)cc1[C@@H]1COCCN1. The number of benzene rings is 1. The van der Waals surface area contributed by atoms with Gasteiger partial charge in [0.2, 0.25) is 0 Å². The number of aromatic hydroxyl groups is 1. The molecule has 6 heteroatoms. The number of rotatable bonds is 1. The van der Waals surface area contributed by atoms with Gasteiger partial charge < -0.3 is 15.2 Å². The van der Waals surface area contributed by atoms with E-state index >= 15 is 0 Å². The molecule has 0 radical (unpaired) electrons. The van der Waals surface area contributed by atoms with Crippen LogP contribution in [0.2, 0.25) is 0 Å². The first-order valence-electron chi connectivity index (χ1n) is 4.67. The van der Waals surface area contributed by atoms with Crippen LogP contribution in [0, 0.1) is 7.14 Å². The first-order valence-corrected chi connectivity index (χ1v) is 6.83. The summed E-state index contributed by atoms with van der Waals surface area (Å²) in [7, 11) is 0. The van der Waals surface area contributed by atoms with Gasteiger partial charge in [0.05, 0.1) is 22.8 Å². The van der Waals surface area contributed by atoms with Gasteiger partial charge in [-0.3, -0.25) is 0 Å². The molecule has 1 fully saturated rings. The average Bonchev–Trinajstić information content (AvgIpc) is 2.24. The number of morpholine rings is 1. The summed E-state index contributed by atoms with van der Waals surface area (Å²) in [4.78, 5) is 0. The van der Waals surface area contributed by atoms with E-state index < -0.39 is 0 Å². The molecule has 0 spiro atoms. The van der Waals surface area contributed by atoms with E-state index in [0.29, 0.717) is 12.4 Å². The van der Waals surface area contributed by atoms with E-state index in [1.54, 1.807) is 0 Å². The highest BCUT2D eigenvalue weighted by Gasteiger charge is 2.20. The van der Waals surface area contributed by atoms with Crippen molar-refractivity contribution in [3.63, 3.8) is 0 Å². The highest BCUT2D eigenvalue weighted by Crippen LogP contribution is 2.32. The Balaban J connectivity index is 0.00000128. The molecule has 0 saturated carbocycles. The third kappa shape index (κ3) is 3.34. The fourth-order valence-corrected chi connectivity index (χ4v) is 3.51. The Labute approximate surface area is 128 Å². The minimum absolute atomic E-state index is 0. The molecule has 2 N–H and O–H groups in total. The van der Waals surface area contributed by atoms with Gasteiger partial charge in [0.15, 0.2) is 0 Å². The van der Waals surface area contributed by atoms with Crippen LogP contribution in [0.4, 0.5) is 0 Å². The molecule has 0 aliphatic carbocycles. The number of halogens is 3. The molecular formula is C10H12ClI2NO2. The van der Waals surface area contributed by atoms with Crippen molar-refractivity contribution >= 4 is 57.6 Å². The fourth-order valence-electron chi connectivity index (χ4n) is 1.62. The van der Waals surface area contributed by atoms with Crippen molar-refractivity contribution in [2.75, 3.05) is 19.8 Å². The minimum Gasteiger partial charge on any atom is -0.506 e. The summed E-state index contributed by atoms with van der Waals surface area (Å²) in [5.74, 6) is 0.374. The summed E-state index contributed by atoms with van der Waals surface area (Å²) in [6.07, 6.45) is 0. The van der Waals surface area contributed by atoms with Gasteiger partial charge in [0, 0.05) is 15.7 Å². The van der Waals surface area contributed by atoms with Crippen molar-refractivity contribution in [1.29, 1.82) is 0 Å². The zero-order valence-electron chi connectivity index (χ0n) is 8.37. The van der Waals surface area contributed by atoms with Gasteiger partial charge in [-0.05, 0) is 57.3 Å². The largest absolute Gasteiger partial charge is 0.506 e. The van der Waals surface area contributed by atoms with Gasteiger partial charge in [-0.2, -0.15) is 0 Å². The van der Waals surface area contributed by atoms with Crippen LogP contribution in [0.1, 0.15) is 11.6 Å². The quantitative estimate of drug-likeness (QED) is 0.625. The standard InChI is InChI=1S/C10H11I2NO2.ClH/c11-6-3-7(10(14)8(12)4-6)9-5-15-2-1-13-9;/h3-4,9,13-14H,1-2,5H2;1H/t9-;/m0./s1. The molecule has 0 unspecified atom stereocenters. The molecule has 1 atom stereocenters. The van der Waals surface area contributed by atoms with Crippen LogP contribution in [0.25, 0.3) is 0 Å². The van der Waals surface area contributed by atoms with Crippen molar-refractivity contribution < 1.29 is 9.84 Å². The summed E-state index contributed by atoms with van der Waals surface area (Å²) in [6.45, 7) is 2.22. The Morgan fingerprint density at radius 3 is 2.75 bits per heavy atom. The maximum absolute atomic E-state index is 9.97. The molecule has 0 aromatic heterocycles. The Morgan fingerprint density at radius 2 is 2.12 bits per heavy atom. The summed E-state index contributed by atoms with van der Waals surface area (Å²) in [6, 6.07) is 4.08. The maximum atomic E-state index is 9.97. The van der Waals surface area contributed by atoms with Gasteiger partial charge in [-0.1, -0.05) is 0 Å². The smallest absolute Gasteiger partial charge is 0.133 e. The zero-order valence-corrected chi connectivity index (χ0v) is 13.5. The summed E-state index contributed by atoms with van der Waals surface area (Å²) in [5.41, 5.74) is 0.936. The van der Waals surface area contributed by atoms with Crippen LogP contribution in [0.3, 0.4) is 0 Å². The lowest BCUT2D eigenvalue weighted by molar-refractivity contribution is 0.0760. The van der Waals surface area contributed by atoms with E-state index in [0.717, 1.165) is 25.9 Å². The van der Waals surface area contributed by atoms with Crippen LogP contribution in [-0.2, 0) is 4.74 Å². The molecule has 1 saturated heterocycles. The predicted molar refractivity (Wildman–Crippen MR) is 82.4 cm³/mol. The number of hydrogen-bond acceptors (Lipinski definition) is 3. The van der Waals surface area contributed by atoms with Gasteiger partial charge in [0.1, 0.15) is 5.75 Å². The van der Waals surface area contributed by atoms with E-state index in [4.69, 9.17) is 4.74 Å². The highest BCUT2D eigenvalue weighted by molar-refractivity contribution is 14.1. The van der Waals surface area contributed by atoms with E-state index in [9.17, 15) is 5.11 Å². The number of phenolic OH excluding ortho intramolecular Hbond substituents is 1.